The fraction of sp³-hybridized carbons (Fsp3) is 0.143. The van der Waals surface area contributed by atoms with Gasteiger partial charge in [-0.1, -0.05) is 47.5 Å². The molecule has 0 amide bonds. The van der Waals surface area contributed by atoms with Gasteiger partial charge < -0.3 is 9.13 Å². The van der Waals surface area contributed by atoms with E-state index in [9.17, 15) is 14.0 Å². The highest BCUT2D eigenvalue weighted by Crippen LogP contribution is 2.27. The summed E-state index contributed by atoms with van der Waals surface area (Å²) < 4.78 is 17.2. The van der Waals surface area contributed by atoms with E-state index in [1.165, 1.54) is 12.1 Å². The number of hydrogen-bond acceptors (Lipinski definition) is 2. The molecule has 5 aromatic rings. The van der Waals surface area contributed by atoms with Crippen LogP contribution >= 0.6 is 15.9 Å². The molecule has 0 N–H and O–H groups in total. The molecule has 2 heterocycles. The van der Waals surface area contributed by atoms with Crippen LogP contribution in [0.2, 0.25) is 0 Å². The molecule has 172 valence electrons. The van der Waals surface area contributed by atoms with Gasteiger partial charge in [-0.15, -0.1) is 0 Å². The van der Waals surface area contributed by atoms with E-state index in [1.807, 2.05) is 50.2 Å². The van der Waals surface area contributed by atoms with E-state index in [2.05, 4.69) is 15.9 Å². The molecule has 0 saturated carbocycles. The van der Waals surface area contributed by atoms with E-state index >= 15 is 0 Å². The Balaban J connectivity index is 0.000000172. The van der Waals surface area contributed by atoms with Gasteiger partial charge >= 0.3 is 0 Å². The molecule has 0 spiro atoms. The van der Waals surface area contributed by atoms with Crippen molar-refractivity contribution in [2.45, 2.75) is 13.8 Å². The first-order valence-corrected chi connectivity index (χ1v) is 11.6. The van der Waals surface area contributed by atoms with Gasteiger partial charge in [-0.2, -0.15) is 0 Å². The molecule has 5 rings (SSSR count). The Bertz CT molecular complexity index is 1650. The lowest BCUT2D eigenvalue weighted by Crippen LogP contribution is -2.16. The third-order valence-electron chi connectivity index (χ3n) is 5.78. The van der Waals surface area contributed by atoms with Crippen molar-refractivity contribution in [3.63, 3.8) is 0 Å². The second-order valence-corrected chi connectivity index (χ2v) is 9.31. The van der Waals surface area contributed by atoms with Crippen molar-refractivity contribution >= 4 is 37.5 Å². The average Bonchev–Trinajstić information content (AvgIpc) is 2.81. The van der Waals surface area contributed by atoms with Crippen molar-refractivity contribution in [3.05, 3.63) is 115 Å². The minimum atomic E-state index is -0.265. The maximum Gasteiger partial charge on any atom is 0.258 e. The fourth-order valence-corrected chi connectivity index (χ4v) is 4.63. The third-order valence-corrected chi connectivity index (χ3v) is 6.42. The molecular weight excluding hydrogens is 495 g/mol. The normalized spacial score (nSPS) is 10.9. The smallest absolute Gasteiger partial charge is 0.258 e. The molecule has 34 heavy (non-hydrogen) atoms. The zero-order chi connectivity index (χ0) is 24.6. The first-order valence-electron chi connectivity index (χ1n) is 10.8. The van der Waals surface area contributed by atoms with Crippen molar-refractivity contribution < 1.29 is 4.39 Å². The minimum absolute atomic E-state index is 0.0189. The molecule has 0 atom stereocenters. The molecule has 4 nitrogen and oxygen atoms in total. The molecule has 0 aliphatic carbocycles. The van der Waals surface area contributed by atoms with Crippen LogP contribution in [0.25, 0.3) is 32.7 Å². The lowest BCUT2D eigenvalue weighted by molar-refractivity contribution is 0.628. The van der Waals surface area contributed by atoms with Crippen LogP contribution in [-0.2, 0) is 14.1 Å². The predicted octanol–water partition coefficient (Wildman–Crippen LogP) is 6.26. The maximum atomic E-state index is 13.1. The summed E-state index contributed by atoms with van der Waals surface area (Å²) in [6.07, 6.45) is 3.59. The van der Waals surface area contributed by atoms with Crippen LogP contribution < -0.4 is 11.1 Å². The molecule has 0 radical (unpaired) electrons. The SMILES string of the molecule is Cc1ccc2c(-c3ccc(F)cc3)cn(C)c(=O)c2c1.Cc1ccc2c(Br)cn(C)c(=O)c2c1. The quantitative estimate of drug-likeness (QED) is 0.262. The highest BCUT2D eigenvalue weighted by atomic mass is 79.9. The number of aryl methyl sites for hydroxylation is 4. The van der Waals surface area contributed by atoms with Crippen LogP contribution in [0.3, 0.4) is 0 Å². The number of pyridine rings is 2. The zero-order valence-corrected chi connectivity index (χ0v) is 21.0. The number of nitrogens with zero attached hydrogens (tertiary/aromatic N) is 2. The van der Waals surface area contributed by atoms with Gasteiger partial charge in [0.1, 0.15) is 5.82 Å². The molecule has 0 aliphatic heterocycles. The van der Waals surface area contributed by atoms with Crippen molar-refractivity contribution in [2.24, 2.45) is 14.1 Å². The van der Waals surface area contributed by atoms with Crippen molar-refractivity contribution in [1.82, 2.24) is 9.13 Å². The number of benzene rings is 3. The van der Waals surface area contributed by atoms with Gasteiger partial charge in [0.25, 0.3) is 11.1 Å². The maximum absolute atomic E-state index is 13.1. The van der Waals surface area contributed by atoms with Crippen molar-refractivity contribution in [2.75, 3.05) is 0 Å². The molecule has 0 bridgehead atoms. The van der Waals surface area contributed by atoms with E-state index in [0.29, 0.717) is 5.39 Å². The van der Waals surface area contributed by atoms with E-state index < -0.39 is 0 Å². The number of hydrogen-bond donors (Lipinski definition) is 0. The second kappa shape index (κ2) is 9.39. The van der Waals surface area contributed by atoms with Gasteiger partial charge in [0.05, 0.1) is 0 Å². The van der Waals surface area contributed by atoms with E-state index in [0.717, 1.165) is 42.9 Å². The van der Waals surface area contributed by atoms with Crippen molar-refractivity contribution in [1.29, 1.82) is 0 Å². The Morgan fingerprint density at radius 3 is 1.76 bits per heavy atom. The Kier molecular flexibility index (Phi) is 6.53. The number of halogens is 2. The Hall–Kier alpha value is -3.51. The summed E-state index contributed by atoms with van der Waals surface area (Å²) in [5.41, 5.74) is 4.01. The third kappa shape index (κ3) is 4.59. The van der Waals surface area contributed by atoms with Gasteiger partial charge in [0, 0.05) is 52.7 Å². The number of fused-ring (bicyclic) bond motifs is 2. The fourth-order valence-electron chi connectivity index (χ4n) is 3.97. The lowest BCUT2D eigenvalue weighted by atomic mass is 9.99. The number of rotatable bonds is 1. The van der Waals surface area contributed by atoms with Gasteiger partial charge in [0.15, 0.2) is 0 Å². The summed E-state index contributed by atoms with van der Waals surface area (Å²) in [7, 11) is 3.49. The van der Waals surface area contributed by atoms with Gasteiger partial charge in [-0.3, -0.25) is 9.59 Å². The second-order valence-electron chi connectivity index (χ2n) is 8.46. The first kappa shape index (κ1) is 23.6. The molecule has 0 fully saturated rings. The molecular formula is C28H24BrFN2O2. The minimum Gasteiger partial charge on any atom is -0.317 e. The van der Waals surface area contributed by atoms with Crippen LogP contribution in [-0.4, -0.2) is 9.13 Å². The highest BCUT2D eigenvalue weighted by molar-refractivity contribution is 9.10. The van der Waals surface area contributed by atoms with Crippen LogP contribution in [0, 0.1) is 19.7 Å². The Morgan fingerprint density at radius 2 is 1.18 bits per heavy atom. The molecule has 6 heteroatoms. The summed E-state index contributed by atoms with van der Waals surface area (Å²) in [6, 6.07) is 18.0. The lowest BCUT2D eigenvalue weighted by Gasteiger charge is -2.10. The van der Waals surface area contributed by atoms with Crippen molar-refractivity contribution in [3.8, 4) is 11.1 Å². The molecule has 2 aromatic heterocycles. The van der Waals surface area contributed by atoms with Crippen LogP contribution in [0.15, 0.2) is 87.1 Å². The van der Waals surface area contributed by atoms with E-state index in [-0.39, 0.29) is 16.9 Å². The average molecular weight is 519 g/mol. The Morgan fingerprint density at radius 1 is 0.676 bits per heavy atom. The summed E-state index contributed by atoms with van der Waals surface area (Å²) in [6.45, 7) is 3.95. The largest absolute Gasteiger partial charge is 0.317 e. The van der Waals surface area contributed by atoms with Crippen LogP contribution in [0.4, 0.5) is 4.39 Å². The van der Waals surface area contributed by atoms with E-state index in [4.69, 9.17) is 0 Å². The van der Waals surface area contributed by atoms with E-state index in [1.54, 1.807) is 47.8 Å². The summed E-state index contributed by atoms with van der Waals surface area (Å²) in [4.78, 5) is 24.0. The standard InChI is InChI=1S/C17H14FNO.C11H10BrNO/c1-11-3-8-14-15(9-11)17(20)19(2)10-16(14)12-4-6-13(18)7-5-12;1-7-3-4-8-9(5-7)11(14)13(2)6-10(8)12/h3-10H,1-2H3;3-6H,1-2H3. The summed E-state index contributed by atoms with van der Waals surface area (Å²) >= 11 is 3.45. The first-order chi connectivity index (χ1) is 16.2. The van der Waals surface area contributed by atoms with Gasteiger partial charge in [-0.05, 0) is 65.0 Å². The molecule has 0 saturated heterocycles. The van der Waals surface area contributed by atoms with Gasteiger partial charge in [-0.25, -0.2) is 4.39 Å². The summed E-state index contributed by atoms with van der Waals surface area (Å²) in [5, 5.41) is 3.32. The zero-order valence-electron chi connectivity index (χ0n) is 19.4. The molecule has 0 unspecified atom stereocenters. The topological polar surface area (TPSA) is 44.0 Å². The molecule has 3 aromatic carbocycles. The molecule has 0 aliphatic rings. The summed E-state index contributed by atoms with van der Waals surface area (Å²) in [5.74, 6) is -0.265. The van der Waals surface area contributed by atoms with Crippen LogP contribution in [0.5, 0.6) is 0 Å². The highest BCUT2D eigenvalue weighted by Gasteiger charge is 2.09. The van der Waals surface area contributed by atoms with Gasteiger partial charge in [0.2, 0.25) is 0 Å². The Labute approximate surface area is 205 Å². The predicted molar refractivity (Wildman–Crippen MR) is 141 cm³/mol. The monoisotopic (exact) mass is 518 g/mol. The number of aromatic nitrogens is 2. The van der Waals surface area contributed by atoms with Crippen LogP contribution in [0.1, 0.15) is 11.1 Å².